The summed E-state index contributed by atoms with van der Waals surface area (Å²) in [4.78, 5) is 34.7. The summed E-state index contributed by atoms with van der Waals surface area (Å²) in [6.07, 6.45) is 36.0. The molecule has 0 heterocycles. The van der Waals surface area contributed by atoms with Crippen molar-refractivity contribution in [3.8, 4) is 0 Å². The largest absolute Gasteiger partial charge is 0.472 e. The third-order valence-corrected chi connectivity index (χ3v) is 9.32. The summed E-state index contributed by atoms with van der Waals surface area (Å²) in [6, 6.07) is 0. The van der Waals surface area contributed by atoms with Gasteiger partial charge in [0.2, 0.25) is 0 Å². The van der Waals surface area contributed by atoms with E-state index in [0.717, 1.165) is 51.4 Å². The number of hydrogen-bond acceptors (Lipinski definition) is 9. The molecule has 0 aromatic heterocycles. The Labute approximate surface area is 310 Å². The lowest BCUT2D eigenvalue weighted by atomic mass is 10.1. The van der Waals surface area contributed by atoms with E-state index < -0.39 is 51.8 Å². The average molecular weight is 745 g/mol. The zero-order chi connectivity index (χ0) is 37.7. The minimum atomic E-state index is -4.64. The highest BCUT2D eigenvalue weighted by molar-refractivity contribution is 7.47. The van der Waals surface area contributed by atoms with E-state index in [2.05, 4.69) is 30.5 Å². The highest BCUT2D eigenvalue weighted by atomic mass is 31.2. The van der Waals surface area contributed by atoms with Crippen molar-refractivity contribution in [1.82, 2.24) is 0 Å². The maximum Gasteiger partial charge on any atom is 0.472 e. The highest BCUT2D eigenvalue weighted by Gasteiger charge is 2.26. The van der Waals surface area contributed by atoms with Crippen LogP contribution in [0.4, 0.5) is 0 Å². The summed E-state index contributed by atoms with van der Waals surface area (Å²) in [7, 11) is -4.64. The zero-order valence-electron chi connectivity index (χ0n) is 32.1. The number of unbranched alkanes of at least 4 members (excludes halogenated alkanes) is 20. The smallest absolute Gasteiger partial charge is 0.462 e. The molecule has 0 aromatic rings. The van der Waals surface area contributed by atoms with Gasteiger partial charge in [-0.15, -0.1) is 0 Å². The van der Waals surface area contributed by atoms with Crippen LogP contribution in [-0.4, -0.2) is 65.7 Å². The first kappa shape index (κ1) is 49.2. The number of carbonyl (C=O) groups is 2. The topological polar surface area (TPSA) is 149 Å². The molecule has 0 radical (unpaired) electrons. The van der Waals surface area contributed by atoms with Gasteiger partial charge in [-0.05, 0) is 44.9 Å². The van der Waals surface area contributed by atoms with Gasteiger partial charge in [0, 0.05) is 12.5 Å². The SMILES string of the molecule is CCCCCC/C=C/CCCCCCCC(=O)OC[C@H](COP(=O)(O)OC[C@@H](O)CO)OC(=O)/C=C/C=C/CCCCCCCCCCCCC. The third-order valence-electron chi connectivity index (χ3n) is 8.37. The zero-order valence-corrected chi connectivity index (χ0v) is 33.0. The van der Waals surface area contributed by atoms with E-state index in [1.54, 1.807) is 12.2 Å². The second kappa shape index (κ2) is 36.5. The van der Waals surface area contributed by atoms with Crippen molar-refractivity contribution in [3.63, 3.8) is 0 Å². The van der Waals surface area contributed by atoms with E-state index in [-0.39, 0.29) is 13.0 Å². The molecule has 0 aliphatic carbocycles. The number of carbonyl (C=O) groups excluding carboxylic acids is 2. The van der Waals surface area contributed by atoms with Crippen LogP contribution in [0.15, 0.2) is 36.5 Å². The van der Waals surface area contributed by atoms with Crippen LogP contribution in [0.1, 0.15) is 168 Å². The molecule has 3 atom stereocenters. The molecule has 0 fully saturated rings. The molecule has 10 nitrogen and oxygen atoms in total. The second-order valence-electron chi connectivity index (χ2n) is 13.4. The summed E-state index contributed by atoms with van der Waals surface area (Å²) in [5, 5.41) is 18.3. The lowest BCUT2D eigenvalue weighted by molar-refractivity contribution is -0.157. The van der Waals surface area contributed by atoms with Gasteiger partial charge in [-0.2, -0.15) is 0 Å². The number of rotatable bonds is 37. The lowest BCUT2D eigenvalue weighted by Gasteiger charge is -2.19. The Morgan fingerprint density at radius 2 is 1.10 bits per heavy atom. The third kappa shape index (κ3) is 36.3. The Balaban J connectivity index is 4.47. The van der Waals surface area contributed by atoms with Crippen molar-refractivity contribution >= 4 is 19.8 Å². The van der Waals surface area contributed by atoms with Crippen LogP contribution < -0.4 is 0 Å². The van der Waals surface area contributed by atoms with Gasteiger partial charge in [0.15, 0.2) is 6.10 Å². The molecule has 1 unspecified atom stereocenters. The molecule has 0 bridgehead atoms. The number of aliphatic hydroxyl groups is 2. The molecule has 0 amide bonds. The Morgan fingerprint density at radius 3 is 1.65 bits per heavy atom. The van der Waals surface area contributed by atoms with Crippen molar-refractivity contribution in [2.45, 2.75) is 180 Å². The summed E-state index contributed by atoms with van der Waals surface area (Å²) in [6.45, 7) is 2.22. The van der Waals surface area contributed by atoms with Gasteiger partial charge in [0.25, 0.3) is 0 Å². The van der Waals surface area contributed by atoms with Gasteiger partial charge in [0.1, 0.15) is 12.7 Å². The summed E-state index contributed by atoms with van der Waals surface area (Å²) in [5.74, 6) is -1.19. The van der Waals surface area contributed by atoms with Gasteiger partial charge in [-0.3, -0.25) is 13.8 Å². The van der Waals surface area contributed by atoms with E-state index in [1.165, 1.54) is 96.0 Å². The van der Waals surface area contributed by atoms with E-state index in [0.29, 0.717) is 6.42 Å². The predicted octanol–water partition coefficient (Wildman–Crippen LogP) is 10.00. The number of phosphoric acid groups is 1. The summed E-state index contributed by atoms with van der Waals surface area (Å²) >= 11 is 0. The first-order valence-corrected chi connectivity index (χ1v) is 21.5. The lowest BCUT2D eigenvalue weighted by Crippen LogP contribution is -2.29. The van der Waals surface area contributed by atoms with Crippen molar-refractivity contribution in [2.24, 2.45) is 0 Å². The summed E-state index contributed by atoms with van der Waals surface area (Å²) < 4.78 is 32.4. The number of phosphoric ester groups is 1. The Morgan fingerprint density at radius 1 is 0.627 bits per heavy atom. The number of esters is 2. The number of allylic oxidation sites excluding steroid dienone is 5. The Kier molecular flexibility index (Phi) is 35.2. The Hall–Kier alpha value is -1.81. The molecule has 0 saturated heterocycles. The molecule has 0 aliphatic heterocycles. The van der Waals surface area contributed by atoms with Crippen LogP contribution in [-0.2, 0) is 32.7 Å². The van der Waals surface area contributed by atoms with Crippen molar-refractivity contribution in [3.05, 3.63) is 36.5 Å². The maximum absolute atomic E-state index is 12.5. The maximum atomic E-state index is 12.5. The quantitative estimate of drug-likeness (QED) is 0.0140. The molecule has 0 saturated carbocycles. The first-order valence-electron chi connectivity index (χ1n) is 20.0. The molecule has 0 aliphatic rings. The minimum absolute atomic E-state index is 0.212. The van der Waals surface area contributed by atoms with Crippen LogP contribution in [0.2, 0.25) is 0 Å². The second-order valence-corrected chi connectivity index (χ2v) is 14.8. The fourth-order valence-electron chi connectivity index (χ4n) is 5.25. The van der Waals surface area contributed by atoms with E-state index in [4.69, 9.17) is 19.1 Å². The molecule has 0 rings (SSSR count). The van der Waals surface area contributed by atoms with Crippen molar-refractivity contribution in [1.29, 1.82) is 0 Å². The Bertz CT molecular complexity index is 952. The molecule has 298 valence electrons. The van der Waals surface area contributed by atoms with Crippen LogP contribution in [0, 0.1) is 0 Å². The average Bonchev–Trinajstić information content (AvgIpc) is 3.12. The van der Waals surface area contributed by atoms with Crippen molar-refractivity contribution in [2.75, 3.05) is 26.4 Å². The number of aliphatic hydroxyl groups excluding tert-OH is 2. The van der Waals surface area contributed by atoms with Gasteiger partial charge in [-0.1, -0.05) is 147 Å². The molecular formula is C40H73O10P. The highest BCUT2D eigenvalue weighted by Crippen LogP contribution is 2.43. The number of hydrogen-bond donors (Lipinski definition) is 3. The normalized spacial score (nSPS) is 14.4. The summed E-state index contributed by atoms with van der Waals surface area (Å²) in [5.41, 5.74) is 0. The van der Waals surface area contributed by atoms with Gasteiger partial charge < -0.3 is 24.6 Å². The van der Waals surface area contributed by atoms with Gasteiger partial charge in [0.05, 0.1) is 19.8 Å². The molecule has 11 heteroatoms. The van der Waals surface area contributed by atoms with Crippen molar-refractivity contribution < 1.29 is 47.8 Å². The van der Waals surface area contributed by atoms with E-state index >= 15 is 0 Å². The molecular weight excluding hydrogens is 671 g/mol. The standard InChI is InChI=1S/C40H73O10P/c1-3-5-7-9-11-13-15-17-18-20-22-24-26-28-30-32-40(44)50-38(36-49-51(45,46)48-34-37(42)33-41)35-47-39(43)31-29-27-25-23-21-19-16-14-12-10-8-6-4-2/h14,16,26,28,30,32,37-38,41-42H,3-13,15,17-25,27,29,31,33-36H2,1-2H3,(H,45,46)/b16-14+,28-26+,32-30+/t37-,38+/m0/s1. The fourth-order valence-corrected chi connectivity index (χ4v) is 6.04. The van der Waals surface area contributed by atoms with Crippen LogP contribution in [0.3, 0.4) is 0 Å². The fraction of sp³-hybridized carbons (Fsp3) is 0.800. The van der Waals surface area contributed by atoms with E-state index in [1.807, 2.05) is 6.08 Å². The van der Waals surface area contributed by atoms with Crippen LogP contribution >= 0.6 is 7.82 Å². The monoisotopic (exact) mass is 744 g/mol. The minimum Gasteiger partial charge on any atom is -0.462 e. The molecule has 0 spiro atoms. The predicted molar refractivity (Wildman–Crippen MR) is 205 cm³/mol. The van der Waals surface area contributed by atoms with Crippen LogP contribution in [0.25, 0.3) is 0 Å². The molecule has 3 N–H and O–H groups in total. The number of ether oxygens (including phenoxy) is 2. The first-order chi connectivity index (χ1) is 24.7. The van der Waals surface area contributed by atoms with Gasteiger partial charge in [-0.25, -0.2) is 9.36 Å². The molecule has 0 aromatic carbocycles. The van der Waals surface area contributed by atoms with E-state index in [9.17, 15) is 24.2 Å². The van der Waals surface area contributed by atoms with Gasteiger partial charge >= 0.3 is 19.8 Å². The van der Waals surface area contributed by atoms with Crippen LogP contribution in [0.5, 0.6) is 0 Å². The molecule has 51 heavy (non-hydrogen) atoms.